The molecule has 0 aliphatic heterocycles. The first-order chi connectivity index (χ1) is 12.0. The van der Waals surface area contributed by atoms with Crippen molar-refractivity contribution in [2.75, 3.05) is 24.7 Å². The van der Waals surface area contributed by atoms with Gasteiger partial charge in [-0.3, -0.25) is 9.69 Å². The van der Waals surface area contributed by atoms with Gasteiger partial charge in [0.05, 0.1) is 18.8 Å². The maximum Gasteiger partial charge on any atom is 0.241 e. The summed E-state index contributed by atoms with van der Waals surface area (Å²) in [4.78, 5) is 14.9. The van der Waals surface area contributed by atoms with E-state index in [4.69, 9.17) is 10.5 Å². The van der Waals surface area contributed by atoms with Gasteiger partial charge in [-0.1, -0.05) is 37.3 Å². The number of nitrogens with zero attached hydrogens (tertiary/aromatic N) is 1. The third kappa shape index (κ3) is 5.22. The number of nitrogen functional groups attached to an aromatic ring is 1. The lowest BCUT2D eigenvalue weighted by Gasteiger charge is -2.28. The number of carbonyl (C=O) groups is 1. The van der Waals surface area contributed by atoms with Gasteiger partial charge < -0.3 is 15.8 Å². The summed E-state index contributed by atoms with van der Waals surface area (Å²) in [5.41, 5.74) is 8.19. The molecule has 2 aromatic rings. The topological polar surface area (TPSA) is 67.6 Å². The van der Waals surface area contributed by atoms with Gasteiger partial charge in [0.2, 0.25) is 5.91 Å². The largest absolute Gasteiger partial charge is 0.494 e. The van der Waals surface area contributed by atoms with Crippen molar-refractivity contribution in [2.24, 2.45) is 0 Å². The van der Waals surface area contributed by atoms with E-state index < -0.39 is 0 Å². The molecule has 0 fully saturated rings. The average molecular weight is 341 g/mol. The third-order valence-corrected chi connectivity index (χ3v) is 4.15. The zero-order valence-corrected chi connectivity index (χ0v) is 15.2. The second-order valence-corrected chi connectivity index (χ2v) is 6.08. The van der Waals surface area contributed by atoms with Gasteiger partial charge in [0.25, 0.3) is 0 Å². The lowest BCUT2D eigenvalue weighted by Crippen LogP contribution is -2.42. The van der Waals surface area contributed by atoms with Crippen LogP contribution in [0.1, 0.15) is 25.8 Å². The molecule has 5 nitrogen and oxygen atoms in total. The van der Waals surface area contributed by atoms with Gasteiger partial charge in [-0.15, -0.1) is 0 Å². The van der Waals surface area contributed by atoms with Crippen LogP contribution >= 0.6 is 0 Å². The quantitative estimate of drug-likeness (QED) is 0.721. The number of nitrogens with two attached hydrogens (primary N) is 1. The molecular formula is C20H27N3O2. The zero-order chi connectivity index (χ0) is 18.2. The number of anilines is 2. The van der Waals surface area contributed by atoms with Crippen LogP contribution in [-0.4, -0.2) is 30.5 Å². The molecule has 5 heteroatoms. The average Bonchev–Trinajstić information content (AvgIpc) is 2.63. The summed E-state index contributed by atoms with van der Waals surface area (Å²) in [6.45, 7) is 5.63. The molecule has 1 amide bonds. The van der Waals surface area contributed by atoms with Crippen LogP contribution < -0.4 is 15.8 Å². The highest BCUT2D eigenvalue weighted by Crippen LogP contribution is 2.27. The Morgan fingerprint density at radius 3 is 2.60 bits per heavy atom. The number of ether oxygens (including phenoxy) is 1. The summed E-state index contributed by atoms with van der Waals surface area (Å²) in [6.07, 6.45) is 0.982. The molecule has 0 saturated carbocycles. The van der Waals surface area contributed by atoms with Gasteiger partial charge in [-0.05, 0) is 37.6 Å². The number of methoxy groups -OCH3 is 1. The maximum absolute atomic E-state index is 12.7. The van der Waals surface area contributed by atoms with E-state index in [0.717, 1.165) is 19.5 Å². The molecule has 134 valence electrons. The Morgan fingerprint density at radius 1 is 1.24 bits per heavy atom. The summed E-state index contributed by atoms with van der Waals surface area (Å²) in [7, 11) is 1.56. The van der Waals surface area contributed by atoms with E-state index in [0.29, 0.717) is 17.1 Å². The Hall–Kier alpha value is -2.53. The van der Waals surface area contributed by atoms with Crippen molar-refractivity contribution < 1.29 is 9.53 Å². The Kier molecular flexibility index (Phi) is 6.83. The Balaban J connectivity index is 2.10. The number of benzene rings is 2. The van der Waals surface area contributed by atoms with Gasteiger partial charge in [0.1, 0.15) is 5.75 Å². The van der Waals surface area contributed by atoms with Gasteiger partial charge in [0.15, 0.2) is 0 Å². The van der Waals surface area contributed by atoms with E-state index >= 15 is 0 Å². The van der Waals surface area contributed by atoms with Gasteiger partial charge in [-0.2, -0.15) is 0 Å². The first kappa shape index (κ1) is 18.8. The summed E-state index contributed by atoms with van der Waals surface area (Å²) in [5.74, 6) is 0.498. The third-order valence-electron chi connectivity index (χ3n) is 4.15. The normalized spacial score (nSPS) is 12.0. The molecule has 2 rings (SSSR count). The SMILES string of the molecule is CCCN(Cc1ccccc1)C(C)C(=O)Nc1ccc(N)cc1OC. The molecule has 3 N–H and O–H groups in total. The Labute approximate surface area is 149 Å². The molecule has 0 spiro atoms. The maximum atomic E-state index is 12.7. The van der Waals surface area contributed by atoms with E-state index in [-0.39, 0.29) is 11.9 Å². The lowest BCUT2D eigenvalue weighted by molar-refractivity contribution is -0.121. The Morgan fingerprint density at radius 2 is 1.96 bits per heavy atom. The van der Waals surface area contributed by atoms with Crippen LogP contribution in [0.4, 0.5) is 11.4 Å². The highest BCUT2D eigenvalue weighted by atomic mass is 16.5. The first-order valence-corrected chi connectivity index (χ1v) is 8.57. The summed E-state index contributed by atoms with van der Waals surface area (Å²) >= 11 is 0. The smallest absolute Gasteiger partial charge is 0.241 e. The van der Waals surface area contributed by atoms with Crippen molar-refractivity contribution in [2.45, 2.75) is 32.9 Å². The fourth-order valence-electron chi connectivity index (χ4n) is 2.73. The molecule has 0 aliphatic rings. The molecule has 0 radical (unpaired) electrons. The second-order valence-electron chi connectivity index (χ2n) is 6.08. The minimum absolute atomic E-state index is 0.0625. The molecule has 1 atom stereocenters. The molecule has 1 unspecified atom stereocenters. The fraction of sp³-hybridized carbons (Fsp3) is 0.350. The molecule has 25 heavy (non-hydrogen) atoms. The summed E-state index contributed by atoms with van der Waals surface area (Å²) in [5, 5.41) is 2.95. The van der Waals surface area contributed by atoms with E-state index in [9.17, 15) is 4.79 Å². The monoisotopic (exact) mass is 341 g/mol. The highest BCUT2D eigenvalue weighted by molar-refractivity contribution is 5.96. The number of hydrogen-bond acceptors (Lipinski definition) is 4. The van der Waals surface area contributed by atoms with Gasteiger partial charge in [-0.25, -0.2) is 0 Å². The zero-order valence-electron chi connectivity index (χ0n) is 15.2. The van der Waals surface area contributed by atoms with Crippen molar-refractivity contribution in [1.82, 2.24) is 4.90 Å². The van der Waals surface area contributed by atoms with Gasteiger partial charge >= 0.3 is 0 Å². The highest BCUT2D eigenvalue weighted by Gasteiger charge is 2.22. The predicted octanol–water partition coefficient (Wildman–Crippen LogP) is 3.52. The van der Waals surface area contributed by atoms with E-state index in [1.54, 1.807) is 25.3 Å². The number of nitrogens with one attached hydrogen (secondary N) is 1. The van der Waals surface area contributed by atoms with Crippen molar-refractivity contribution in [3.63, 3.8) is 0 Å². The van der Waals surface area contributed by atoms with Crippen LogP contribution in [0.25, 0.3) is 0 Å². The van der Waals surface area contributed by atoms with Crippen LogP contribution in [0.15, 0.2) is 48.5 Å². The molecule has 0 bridgehead atoms. The molecule has 0 aliphatic carbocycles. The van der Waals surface area contributed by atoms with Crippen molar-refractivity contribution in [1.29, 1.82) is 0 Å². The molecule has 0 saturated heterocycles. The van der Waals surface area contributed by atoms with Gasteiger partial charge in [0, 0.05) is 18.3 Å². The molecule has 0 heterocycles. The minimum Gasteiger partial charge on any atom is -0.494 e. The second kappa shape index (κ2) is 9.08. The lowest BCUT2D eigenvalue weighted by atomic mass is 10.1. The number of hydrogen-bond donors (Lipinski definition) is 2. The minimum atomic E-state index is -0.262. The van der Waals surface area contributed by atoms with E-state index in [2.05, 4.69) is 29.3 Å². The molecule has 2 aromatic carbocycles. The molecular weight excluding hydrogens is 314 g/mol. The van der Waals surface area contributed by atoms with Crippen molar-refractivity contribution >= 4 is 17.3 Å². The summed E-state index contributed by atoms with van der Waals surface area (Å²) < 4.78 is 5.30. The van der Waals surface area contributed by atoms with Crippen LogP contribution in [0.5, 0.6) is 5.75 Å². The number of carbonyl (C=O) groups excluding carboxylic acids is 1. The van der Waals surface area contributed by atoms with Crippen molar-refractivity contribution in [3.8, 4) is 5.75 Å². The van der Waals surface area contributed by atoms with Crippen LogP contribution in [0.2, 0.25) is 0 Å². The number of amides is 1. The number of rotatable bonds is 8. The Bertz CT molecular complexity index is 689. The fourth-order valence-corrected chi connectivity index (χ4v) is 2.73. The van der Waals surface area contributed by atoms with Crippen LogP contribution in [-0.2, 0) is 11.3 Å². The van der Waals surface area contributed by atoms with E-state index in [1.807, 2.05) is 25.1 Å². The van der Waals surface area contributed by atoms with Crippen molar-refractivity contribution in [3.05, 3.63) is 54.1 Å². The first-order valence-electron chi connectivity index (χ1n) is 8.57. The molecule has 0 aromatic heterocycles. The summed E-state index contributed by atoms with van der Waals surface area (Å²) in [6, 6.07) is 15.1. The standard InChI is InChI=1S/C20H27N3O2/c1-4-12-23(14-16-8-6-5-7-9-16)15(2)20(24)22-18-11-10-17(21)13-19(18)25-3/h5-11,13,15H,4,12,14,21H2,1-3H3,(H,22,24). The predicted molar refractivity (Wildman–Crippen MR) is 103 cm³/mol. The van der Waals surface area contributed by atoms with Crippen LogP contribution in [0, 0.1) is 0 Å². The van der Waals surface area contributed by atoms with E-state index in [1.165, 1.54) is 5.56 Å². The van der Waals surface area contributed by atoms with Crippen LogP contribution in [0.3, 0.4) is 0 Å².